The molecule has 0 aromatic heterocycles. The van der Waals surface area contributed by atoms with Crippen molar-refractivity contribution in [1.82, 2.24) is 14.1 Å². The molecule has 0 saturated carbocycles. The van der Waals surface area contributed by atoms with Gasteiger partial charge in [0.25, 0.3) is 0 Å². The lowest BCUT2D eigenvalue weighted by molar-refractivity contribution is -0.136. The molecular formula is C19H28ClN3O3S. The van der Waals surface area contributed by atoms with E-state index in [0.717, 1.165) is 25.9 Å². The zero-order valence-electron chi connectivity index (χ0n) is 15.8. The summed E-state index contributed by atoms with van der Waals surface area (Å²) in [5.74, 6) is 0.169. The Morgan fingerprint density at radius 3 is 2.22 bits per heavy atom. The molecule has 6 nitrogen and oxygen atoms in total. The van der Waals surface area contributed by atoms with E-state index in [0.29, 0.717) is 31.2 Å². The van der Waals surface area contributed by atoms with Crippen LogP contribution in [-0.4, -0.2) is 73.7 Å². The highest BCUT2D eigenvalue weighted by molar-refractivity contribution is 7.89. The number of amides is 1. The minimum atomic E-state index is -3.55. The summed E-state index contributed by atoms with van der Waals surface area (Å²) in [6.07, 6.45) is 4.53. The van der Waals surface area contributed by atoms with Crippen LogP contribution in [0, 0.1) is 0 Å². The summed E-state index contributed by atoms with van der Waals surface area (Å²) in [5, 5.41) is 0.409. The molecule has 1 amide bonds. The van der Waals surface area contributed by atoms with Crippen molar-refractivity contribution >= 4 is 27.5 Å². The molecule has 0 N–H and O–H groups in total. The Balaban J connectivity index is 1.60. The van der Waals surface area contributed by atoms with Gasteiger partial charge < -0.3 is 4.90 Å². The molecule has 3 rings (SSSR count). The van der Waals surface area contributed by atoms with E-state index in [1.54, 1.807) is 18.2 Å². The van der Waals surface area contributed by atoms with Gasteiger partial charge in [-0.25, -0.2) is 8.42 Å². The first-order chi connectivity index (χ1) is 12.9. The molecule has 0 bridgehead atoms. The number of benzene rings is 1. The number of piperazine rings is 1. The number of rotatable bonds is 4. The quantitative estimate of drug-likeness (QED) is 0.760. The molecule has 0 aliphatic carbocycles. The SMILES string of the molecule is C[C@H](C(=O)N1CCCCCC1)N1CCN(S(=O)(=O)c2cccc(Cl)c2)CC1. The molecule has 2 heterocycles. The van der Waals surface area contributed by atoms with E-state index < -0.39 is 10.0 Å². The summed E-state index contributed by atoms with van der Waals surface area (Å²) in [6, 6.07) is 6.15. The smallest absolute Gasteiger partial charge is 0.243 e. The predicted octanol–water partition coefficient (Wildman–Crippen LogP) is 2.44. The maximum absolute atomic E-state index is 12.8. The van der Waals surface area contributed by atoms with Crippen molar-refractivity contribution in [3.63, 3.8) is 0 Å². The Morgan fingerprint density at radius 2 is 1.63 bits per heavy atom. The number of sulfonamides is 1. The Kier molecular flexibility index (Phi) is 6.78. The van der Waals surface area contributed by atoms with Crippen molar-refractivity contribution in [1.29, 1.82) is 0 Å². The fourth-order valence-electron chi connectivity index (χ4n) is 3.82. The van der Waals surface area contributed by atoms with Crippen LogP contribution < -0.4 is 0 Å². The van der Waals surface area contributed by atoms with Gasteiger partial charge in [-0.1, -0.05) is 30.5 Å². The van der Waals surface area contributed by atoms with Crippen molar-refractivity contribution < 1.29 is 13.2 Å². The Hall–Kier alpha value is -1.15. The monoisotopic (exact) mass is 413 g/mol. The fourth-order valence-corrected chi connectivity index (χ4v) is 5.54. The van der Waals surface area contributed by atoms with Crippen molar-refractivity contribution in [3.05, 3.63) is 29.3 Å². The standard InChI is InChI=1S/C19H28ClN3O3S/c1-16(19(24)22-9-4-2-3-5-10-22)21-11-13-23(14-12-21)27(25,26)18-8-6-7-17(20)15-18/h6-8,15-16H,2-5,9-14H2,1H3/t16-/m1/s1. The van der Waals surface area contributed by atoms with E-state index in [4.69, 9.17) is 11.6 Å². The van der Waals surface area contributed by atoms with Crippen LogP contribution in [0.15, 0.2) is 29.2 Å². The third kappa shape index (κ3) is 4.83. The molecule has 2 fully saturated rings. The van der Waals surface area contributed by atoms with E-state index in [1.807, 2.05) is 11.8 Å². The second-order valence-electron chi connectivity index (χ2n) is 7.31. The lowest BCUT2D eigenvalue weighted by Crippen LogP contribution is -2.55. The number of halogens is 1. The second-order valence-corrected chi connectivity index (χ2v) is 9.69. The van der Waals surface area contributed by atoms with E-state index in [1.165, 1.54) is 23.2 Å². The van der Waals surface area contributed by atoms with Gasteiger partial charge in [-0.3, -0.25) is 9.69 Å². The maximum atomic E-state index is 12.8. The largest absolute Gasteiger partial charge is 0.341 e. The molecule has 1 aromatic carbocycles. The van der Waals surface area contributed by atoms with E-state index in [-0.39, 0.29) is 16.8 Å². The van der Waals surface area contributed by atoms with Gasteiger partial charge in [0, 0.05) is 44.3 Å². The van der Waals surface area contributed by atoms with Gasteiger partial charge in [0.15, 0.2) is 0 Å². The molecule has 8 heteroatoms. The van der Waals surface area contributed by atoms with Gasteiger partial charge in [0.1, 0.15) is 0 Å². The second kappa shape index (κ2) is 8.90. The molecule has 1 atom stereocenters. The van der Waals surface area contributed by atoms with Crippen molar-refractivity contribution in [2.24, 2.45) is 0 Å². The predicted molar refractivity (Wildman–Crippen MR) is 106 cm³/mol. The Labute approximate surface area is 167 Å². The number of hydrogen-bond acceptors (Lipinski definition) is 4. The number of nitrogens with zero attached hydrogens (tertiary/aromatic N) is 3. The minimum absolute atomic E-state index is 0.169. The summed E-state index contributed by atoms with van der Waals surface area (Å²) >= 11 is 5.94. The van der Waals surface area contributed by atoms with Crippen molar-refractivity contribution in [3.8, 4) is 0 Å². The molecule has 2 aliphatic heterocycles. The lowest BCUT2D eigenvalue weighted by atomic mass is 10.2. The van der Waals surface area contributed by atoms with Crippen LogP contribution in [-0.2, 0) is 14.8 Å². The highest BCUT2D eigenvalue weighted by atomic mass is 35.5. The topological polar surface area (TPSA) is 60.9 Å². The third-order valence-electron chi connectivity index (χ3n) is 5.53. The number of carbonyl (C=O) groups excluding carboxylic acids is 1. The first-order valence-electron chi connectivity index (χ1n) is 9.68. The summed E-state index contributed by atoms with van der Waals surface area (Å²) in [7, 11) is -3.55. The summed E-state index contributed by atoms with van der Waals surface area (Å²) in [5.41, 5.74) is 0. The van der Waals surface area contributed by atoms with Crippen LogP contribution in [0.4, 0.5) is 0 Å². The Bertz CT molecular complexity index is 755. The van der Waals surface area contributed by atoms with Gasteiger partial charge in [0.2, 0.25) is 15.9 Å². The molecule has 27 heavy (non-hydrogen) atoms. The van der Waals surface area contributed by atoms with Gasteiger partial charge in [-0.05, 0) is 38.0 Å². The molecular weight excluding hydrogens is 386 g/mol. The zero-order chi connectivity index (χ0) is 19.4. The minimum Gasteiger partial charge on any atom is -0.341 e. The molecule has 1 aromatic rings. The van der Waals surface area contributed by atoms with Crippen LogP contribution in [0.2, 0.25) is 5.02 Å². The van der Waals surface area contributed by atoms with Crippen LogP contribution in [0.25, 0.3) is 0 Å². The van der Waals surface area contributed by atoms with Gasteiger partial charge in [-0.15, -0.1) is 0 Å². The molecule has 2 aliphatic rings. The van der Waals surface area contributed by atoms with Gasteiger partial charge >= 0.3 is 0 Å². The van der Waals surface area contributed by atoms with Crippen LogP contribution in [0.3, 0.4) is 0 Å². The zero-order valence-corrected chi connectivity index (χ0v) is 17.4. The summed E-state index contributed by atoms with van der Waals surface area (Å²) in [6.45, 7) is 5.49. The first-order valence-corrected chi connectivity index (χ1v) is 11.5. The number of likely N-dealkylation sites (tertiary alicyclic amines) is 1. The average Bonchev–Trinajstić information content (AvgIpc) is 2.96. The maximum Gasteiger partial charge on any atom is 0.243 e. The van der Waals surface area contributed by atoms with Crippen molar-refractivity contribution in [2.75, 3.05) is 39.3 Å². The molecule has 2 saturated heterocycles. The third-order valence-corrected chi connectivity index (χ3v) is 7.66. The summed E-state index contributed by atoms with van der Waals surface area (Å²) in [4.78, 5) is 17.1. The van der Waals surface area contributed by atoms with Crippen molar-refractivity contribution in [2.45, 2.75) is 43.5 Å². The van der Waals surface area contributed by atoms with Gasteiger partial charge in [0.05, 0.1) is 10.9 Å². The van der Waals surface area contributed by atoms with Crippen LogP contribution in [0.1, 0.15) is 32.6 Å². The normalized spacial score (nSPS) is 21.6. The van der Waals surface area contributed by atoms with Gasteiger partial charge in [-0.2, -0.15) is 4.31 Å². The Morgan fingerprint density at radius 1 is 1.00 bits per heavy atom. The lowest BCUT2D eigenvalue weighted by Gasteiger charge is -2.38. The highest BCUT2D eigenvalue weighted by Gasteiger charge is 2.33. The van der Waals surface area contributed by atoms with E-state index in [9.17, 15) is 13.2 Å². The first kappa shape index (κ1) is 20.6. The molecule has 0 spiro atoms. The average molecular weight is 414 g/mol. The summed E-state index contributed by atoms with van der Waals surface area (Å²) < 4.78 is 27.1. The van der Waals surface area contributed by atoms with E-state index >= 15 is 0 Å². The number of hydrogen-bond donors (Lipinski definition) is 0. The molecule has 0 unspecified atom stereocenters. The van der Waals surface area contributed by atoms with Crippen LogP contribution in [0.5, 0.6) is 0 Å². The molecule has 0 radical (unpaired) electrons. The fraction of sp³-hybridized carbons (Fsp3) is 0.632. The van der Waals surface area contributed by atoms with Crippen LogP contribution >= 0.6 is 11.6 Å². The number of carbonyl (C=O) groups is 1. The highest BCUT2D eigenvalue weighted by Crippen LogP contribution is 2.22. The van der Waals surface area contributed by atoms with E-state index in [2.05, 4.69) is 4.90 Å². The molecule has 150 valence electrons.